The lowest BCUT2D eigenvalue weighted by atomic mass is 9.93. The minimum Gasteiger partial charge on any atom is -0.456 e. The van der Waals surface area contributed by atoms with Crippen LogP contribution in [0, 0.1) is 0 Å². The second-order valence-corrected chi connectivity index (χ2v) is 16.4. The van der Waals surface area contributed by atoms with E-state index in [2.05, 4.69) is 240 Å². The van der Waals surface area contributed by atoms with Crippen LogP contribution in [0.15, 0.2) is 235 Å². The second kappa shape index (κ2) is 14.1. The molecule has 0 radical (unpaired) electrons. The maximum atomic E-state index is 6.74. The Morgan fingerprint density at radius 1 is 0.333 bits per heavy atom. The summed E-state index contributed by atoms with van der Waals surface area (Å²) in [6.07, 6.45) is 0. The summed E-state index contributed by atoms with van der Waals surface area (Å²) in [6, 6.07) is 83.4. The van der Waals surface area contributed by atoms with Crippen molar-refractivity contribution in [3.05, 3.63) is 231 Å². The molecule has 13 rings (SSSR count). The first-order valence-electron chi connectivity index (χ1n) is 21.6. The third-order valence-corrected chi connectivity index (χ3v) is 12.9. The maximum absolute atomic E-state index is 6.74. The van der Waals surface area contributed by atoms with Gasteiger partial charge in [0.05, 0.1) is 16.7 Å². The molecule has 0 aliphatic carbocycles. The average molecular weight is 803 g/mol. The second-order valence-electron chi connectivity index (χ2n) is 16.4. The molecule has 0 aliphatic rings. The highest BCUT2D eigenvalue weighted by Crippen LogP contribution is 2.48. The SMILES string of the molecule is c1ccc(-c2c3c(cc4c2c2ccc(N(c5ccccc5)c5ccc(-c6cc7ccccc7c7ccccc67)cc5)cc2n4-c2cccc4ccccc24)oc2ccccc23)cc1. The van der Waals surface area contributed by atoms with Gasteiger partial charge < -0.3 is 13.9 Å². The predicted octanol–water partition coefficient (Wildman–Crippen LogP) is 16.9. The molecule has 0 atom stereocenters. The van der Waals surface area contributed by atoms with E-state index in [1.807, 2.05) is 0 Å². The molecule has 0 saturated carbocycles. The molecule has 0 amide bonds. The number of para-hydroxylation sites is 2. The Hall–Kier alpha value is -8.40. The van der Waals surface area contributed by atoms with Crippen molar-refractivity contribution in [2.24, 2.45) is 0 Å². The van der Waals surface area contributed by atoms with E-state index >= 15 is 0 Å². The molecule has 0 aliphatic heterocycles. The van der Waals surface area contributed by atoms with Crippen LogP contribution in [0.2, 0.25) is 0 Å². The molecule has 3 nitrogen and oxygen atoms in total. The van der Waals surface area contributed by atoms with Crippen molar-refractivity contribution in [1.29, 1.82) is 0 Å². The van der Waals surface area contributed by atoms with Crippen LogP contribution in [0.5, 0.6) is 0 Å². The van der Waals surface area contributed by atoms with Gasteiger partial charge in [-0.1, -0.05) is 170 Å². The predicted molar refractivity (Wildman–Crippen MR) is 266 cm³/mol. The molecule has 2 aromatic heterocycles. The summed E-state index contributed by atoms with van der Waals surface area (Å²) in [5.41, 5.74) is 13.1. The van der Waals surface area contributed by atoms with Crippen molar-refractivity contribution in [2.45, 2.75) is 0 Å². The summed E-state index contributed by atoms with van der Waals surface area (Å²) < 4.78 is 9.20. The number of hydrogen-bond acceptors (Lipinski definition) is 2. The fourth-order valence-electron chi connectivity index (χ4n) is 10.2. The summed E-state index contributed by atoms with van der Waals surface area (Å²) >= 11 is 0. The van der Waals surface area contributed by atoms with E-state index in [-0.39, 0.29) is 0 Å². The van der Waals surface area contributed by atoms with E-state index in [9.17, 15) is 0 Å². The summed E-state index contributed by atoms with van der Waals surface area (Å²) in [4.78, 5) is 2.38. The van der Waals surface area contributed by atoms with E-state index < -0.39 is 0 Å². The number of rotatable bonds is 6. The summed E-state index contributed by atoms with van der Waals surface area (Å²) in [5, 5.41) is 12.1. The third kappa shape index (κ3) is 5.53. The van der Waals surface area contributed by atoms with Crippen LogP contribution in [0.25, 0.3) is 104 Å². The minimum absolute atomic E-state index is 0.872. The first-order chi connectivity index (χ1) is 31.3. The molecule has 2 heterocycles. The standard InChI is InChI=1S/C60H38N2O/c1-3-17-41(18-4-1)58-59-50-35-34-45(37-54(50)62(53-28-15-20-39-16-7-10-24-47(39)53)55(59)38-57-60(58)51-27-13-14-29-56(51)63-57)61(43-21-5-2-6-22-43)44-32-30-40(31-33-44)52-36-42-19-8-9-23-46(42)48-25-11-12-26-49(48)52/h1-38H. The zero-order chi connectivity index (χ0) is 41.4. The van der Waals surface area contributed by atoms with E-state index in [4.69, 9.17) is 4.42 Å². The average Bonchev–Trinajstić information content (AvgIpc) is 3.88. The zero-order valence-corrected chi connectivity index (χ0v) is 34.2. The van der Waals surface area contributed by atoms with Crippen molar-refractivity contribution in [3.63, 3.8) is 0 Å². The molecule has 11 aromatic carbocycles. The molecule has 294 valence electrons. The van der Waals surface area contributed by atoms with Crippen LogP contribution in [0.4, 0.5) is 17.1 Å². The molecule has 0 spiro atoms. The third-order valence-electron chi connectivity index (χ3n) is 12.9. The van der Waals surface area contributed by atoms with Gasteiger partial charge in [-0.15, -0.1) is 0 Å². The van der Waals surface area contributed by atoms with Crippen LogP contribution in [-0.2, 0) is 0 Å². The normalized spacial score (nSPS) is 11.8. The zero-order valence-electron chi connectivity index (χ0n) is 34.2. The Morgan fingerprint density at radius 2 is 0.952 bits per heavy atom. The molecular formula is C60H38N2O. The Balaban J connectivity index is 1.08. The molecule has 0 saturated heterocycles. The van der Waals surface area contributed by atoms with Crippen molar-refractivity contribution in [2.75, 3.05) is 4.90 Å². The molecule has 0 bridgehead atoms. The first kappa shape index (κ1) is 35.4. The summed E-state index contributed by atoms with van der Waals surface area (Å²) in [6.45, 7) is 0. The summed E-state index contributed by atoms with van der Waals surface area (Å²) in [7, 11) is 0. The fourth-order valence-corrected chi connectivity index (χ4v) is 10.2. The molecular weight excluding hydrogens is 765 g/mol. The highest BCUT2D eigenvalue weighted by Gasteiger charge is 2.25. The molecule has 13 aromatic rings. The quantitative estimate of drug-likeness (QED) is 0.156. The topological polar surface area (TPSA) is 21.3 Å². The first-order valence-corrected chi connectivity index (χ1v) is 21.6. The molecule has 0 fully saturated rings. The van der Waals surface area contributed by atoms with Gasteiger partial charge in [-0.25, -0.2) is 0 Å². The lowest BCUT2D eigenvalue weighted by molar-refractivity contribution is 0.669. The number of aromatic nitrogens is 1. The van der Waals surface area contributed by atoms with Gasteiger partial charge >= 0.3 is 0 Å². The molecule has 0 unspecified atom stereocenters. The van der Waals surface area contributed by atoms with Crippen molar-refractivity contribution < 1.29 is 4.42 Å². The summed E-state index contributed by atoms with van der Waals surface area (Å²) in [5.74, 6) is 0. The van der Waals surface area contributed by atoms with Gasteiger partial charge in [0, 0.05) is 55.6 Å². The highest BCUT2D eigenvalue weighted by atomic mass is 16.3. The lowest BCUT2D eigenvalue weighted by Crippen LogP contribution is -2.10. The Bertz CT molecular complexity index is 3890. The number of hydrogen-bond donors (Lipinski definition) is 0. The van der Waals surface area contributed by atoms with Gasteiger partial charge in [-0.3, -0.25) is 0 Å². The number of fused-ring (bicyclic) bond motifs is 10. The van der Waals surface area contributed by atoms with Gasteiger partial charge in [0.15, 0.2) is 0 Å². The van der Waals surface area contributed by atoms with Gasteiger partial charge in [-0.2, -0.15) is 0 Å². The Morgan fingerprint density at radius 3 is 1.76 bits per heavy atom. The van der Waals surface area contributed by atoms with Crippen LogP contribution in [0.3, 0.4) is 0 Å². The van der Waals surface area contributed by atoms with Crippen LogP contribution in [-0.4, -0.2) is 4.57 Å². The van der Waals surface area contributed by atoms with Gasteiger partial charge in [0.1, 0.15) is 11.2 Å². The number of benzene rings is 11. The minimum atomic E-state index is 0.872. The van der Waals surface area contributed by atoms with Crippen LogP contribution < -0.4 is 4.90 Å². The van der Waals surface area contributed by atoms with E-state index in [0.29, 0.717) is 0 Å². The Labute approximate surface area is 363 Å². The highest BCUT2D eigenvalue weighted by molar-refractivity contribution is 6.27. The van der Waals surface area contributed by atoms with Crippen molar-refractivity contribution in [1.82, 2.24) is 4.57 Å². The van der Waals surface area contributed by atoms with E-state index in [1.54, 1.807) is 0 Å². The lowest BCUT2D eigenvalue weighted by Gasteiger charge is -2.26. The Kier molecular flexibility index (Phi) is 7.91. The molecule has 3 heteroatoms. The van der Waals surface area contributed by atoms with Crippen LogP contribution in [0.1, 0.15) is 0 Å². The largest absolute Gasteiger partial charge is 0.456 e. The number of anilines is 3. The van der Waals surface area contributed by atoms with Gasteiger partial charge in [0.2, 0.25) is 0 Å². The smallest absolute Gasteiger partial charge is 0.138 e. The maximum Gasteiger partial charge on any atom is 0.138 e. The number of nitrogens with zero attached hydrogens (tertiary/aromatic N) is 2. The fraction of sp³-hybridized carbons (Fsp3) is 0. The van der Waals surface area contributed by atoms with Gasteiger partial charge in [0.25, 0.3) is 0 Å². The monoisotopic (exact) mass is 802 g/mol. The van der Waals surface area contributed by atoms with Crippen molar-refractivity contribution >= 4 is 93.1 Å². The van der Waals surface area contributed by atoms with E-state index in [1.165, 1.54) is 59.8 Å². The molecule has 63 heavy (non-hydrogen) atoms. The van der Waals surface area contributed by atoms with Gasteiger partial charge in [-0.05, 0) is 98.2 Å². The van der Waals surface area contributed by atoms with E-state index in [0.717, 1.165) is 61.3 Å². The molecule has 0 N–H and O–H groups in total. The van der Waals surface area contributed by atoms with Crippen molar-refractivity contribution in [3.8, 4) is 27.9 Å². The number of furan rings is 1. The van der Waals surface area contributed by atoms with Crippen LogP contribution >= 0.6 is 0 Å².